The molecule has 3 nitrogen and oxygen atoms in total. The van der Waals surface area contributed by atoms with Gasteiger partial charge in [0.15, 0.2) is 0 Å². The average molecular weight is 295 g/mol. The molecule has 0 aliphatic heterocycles. The SMILES string of the molecule is Cc1ccc(C)c([C@H](C)NS(=O)(=O)c2cccs2)c1. The molecule has 0 aliphatic rings. The highest BCUT2D eigenvalue weighted by Crippen LogP contribution is 2.23. The van der Waals surface area contributed by atoms with Crippen LogP contribution < -0.4 is 4.72 Å². The molecule has 1 heterocycles. The molecule has 0 amide bonds. The van der Waals surface area contributed by atoms with Crippen molar-refractivity contribution >= 4 is 21.4 Å². The first-order valence-corrected chi connectivity index (χ1v) is 8.39. The van der Waals surface area contributed by atoms with Gasteiger partial charge in [-0.3, -0.25) is 0 Å². The van der Waals surface area contributed by atoms with E-state index >= 15 is 0 Å². The molecule has 2 rings (SSSR count). The number of hydrogen-bond donors (Lipinski definition) is 1. The van der Waals surface area contributed by atoms with Gasteiger partial charge in [-0.05, 0) is 43.3 Å². The summed E-state index contributed by atoms with van der Waals surface area (Å²) in [5.41, 5.74) is 3.23. The van der Waals surface area contributed by atoms with E-state index < -0.39 is 10.0 Å². The largest absolute Gasteiger partial charge is 0.250 e. The molecule has 1 N–H and O–H groups in total. The number of aryl methyl sites for hydroxylation is 2. The number of nitrogens with one attached hydrogen (secondary N) is 1. The van der Waals surface area contributed by atoms with Crippen LogP contribution in [-0.2, 0) is 10.0 Å². The Kier molecular flexibility index (Phi) is 4.08. The Morgan fingerprint density at radius 2 is 1.95 bits per heavy atom. The van der Waals surface area contributed by atoms with Gasteiger partial charge in [0.25, 0.3) is 10.0 Å². The summed E-state index contributed by atoms with van der Waals surface area (Å²) >= 11 is 1.22. The van der Waals surface area contributed by atoms with Crippen LogP contribution in [0.2, 0.25) is 0 Å². The van der Waals surface area contributed by atoms with Gasteiger partial charge < -0.3 is 0 Å². The second kappa shape index (κ2) is 5.45. The van der Waals surface area contributed by atoms with E-state index in [1.807, 2.05) is 39.0 Å². The van der Waals surface area contributed by atoms with Crippen molar-refractivity contribution in [3.8, 4) is 0 Å². The fraction of sp³-hybridized carbons (Fsp3) is 0.286. The molecule has 0 radical (unpaired) electrons. The molecule has 1 aromatic heterocycles. The number of hydrogen-bond acceptors (Lipinski definition) is 3. The van der Waals surface area contributed by atoms with E-state index in [1.165, 1.54) is 11.3 Å². The standard InChI is InChI=1S/C14H17NO2S2/c1-10-6-7-11(2)13(9-10)12(3)15-19(16,17)14-5-4-8-18-14/h4-9,12,15H,1-3H3/t12-/m0/s1. The molecule has 19 heavy (non-hydrogen) atoms. The summed E-state index contributed by atoms with van der Waals surface area (Å²) < 4.78 is 27.4. The Balaban J connectivity index is 2.26. The van der Waals surface area contributed by atoms with Gasteiger partial charge in [-0.25, -0.2) is 13.1 Å². The number of rotatable bonds is 4. The van der Waals surface area contributed by atoms with E-state index in [0.29, 0.717) is 4.21 Å². The first kappa shape index (κ1) is 14.2. The lowest BCUT2D eigenvalue weighted by molar-refractivity contribution is 0.568. The van der Waals surface area contributed by atoms with Crippen molar-refractivity contribution in [3.63, 3.8) is 0 Å². The van der Waals surface area contributed by atoms with E-state index in [2.05, 4.69) is 4.72 Å². The van der Waals surface area contributed by atoms with E-state index in [4.69, 9.17) is 0 Å². The van der Waals surface area contributed by atoms with Gasteiger partial charge in [-0.2, -0.15) is 0 Å². The van der Waals surface area contributed by atoms with Crippen LogP contribution >= 0.6 is 11.3 Å². The van der Waals surface area contributed by atoms with Crippen molar-refractivity contribution in [2.45, 2.75) is 31.0 Å². The van der Waals surface area contributed by atoms with E-state index in [9.17, 15) is 8.42 Å². The third-order valence-electron chi connectivity index (χ3n) is 2.99. The maximum Gasteiger partial charge on any atom is 0.250 e. The highest BCUT2D eigenvalue weighted by atomic mass is 32.2. The fourth-order valence-electron chi connectivity index (χ4n) is 2.00. The minimum atomic E-state index is -3.43. The van der Waals surface area contributed by atoms with Gasteiger partial charge in [0.1, 0.15) is 4.21 Å². The first-order valence-electron chi connectivity index (χ1n) is 6.03. The monoisotopic (exact) mass is 295 g/mol. The van der Waals surface area contributed by atoms with Crippen LogP contribution in [0.1, 0.15) is 29.7 Å². The summed E-state index contributed by atoms with van der Waals surface area (Å²) in [4.78, 5) is 0. The predicted octanol–water partition coefficient (Wildman–Crippen LogP) is 3.40. The smallest absolute Gasteiger partial charge is 0.206 e. The molecule has 0 saturated heterocycles. The molecular weight excluding hydrogens is 278 g/mol. The summed E-state index contributed by atoms with van der Waals surface area (Å²) in [6.07, 6.45) is 0. The van der Waals surface area contributed by atoms with Crippen molar-refractivity contribution in [2.24, 2.45) is 0 Å². The number of benzene rings is 1. The van der Waals surface area contributed by atoms with Gasteiger partial charge in [-0.1, -0.05) is 29.8 Å². The Labute approximate surface area is 118 Å². The maximum absolute atomic E-state index is 12.2. The fourth-order valence-corrected chi connectivity index (χ4v) is 4.23. The first-order chi connectivity index (χ1) is 8.90. The van der Waals surface area contributed by atoms with Crippen LogP contribution in [0.15, 0.2) is 39.9 Å². The minimum absolute atomic E-state index is 0.244. The zero-order chi connectivity index (χ0) is 14.0. The lowest BCUT2D eigenvalue weighted by atomic mass is 10.0. The zero-order valence-corrected chi connectivity index (χ0v) is 12.8. The van der Waals surface area contributed by atoms with Crippen molar-refractivity contribution in [3.05, 3.63) is 52.4 Å². The molecule has 0 fully saturated rings. The molecule has 2 aromatic rings. The normalized spacial score (nSPS) is 13.4. The third kappa shape index (κ3) is 3.23. The summed E-state index contributed by atoms with van der Waals surface area (Å²) in [5.74, 6) is 0. The second-order valence-corrected chi connectivity index (χ2v) is 7.52. The maximum atomic E-state index is 12.2. The van der Waals surface area contributed by atoms with Gasteiger partial charge in [0.05, 0.1) is 0 Å². The molecule has 1 atom stereocenters. The molecule has 0 saturated carbocycles. The quantitative estimate of drug-likeness (QED) is 0.939. The van der Waals surface area contributed by atoms with Gasteiger partial charge in [-0.15, -0.1) is 11.3 Å². The van der Waals surface area contributed by atoms with Crippen LogP contribution in [0.3, 0.4) is 0 Å². The topological polar surface area (TPSA) is 46.2 Å². The van der Waals surface area contributed by atoms with Gasteiger partial charge in [0, 0.05) is 6.04 Å². The van der Waals surface area contributed by atoms with Crippen molar-refractivity contribution in [1.82, 2.24) is 4.72 Å². The summed E-state index contributed by atoms with van der Waals surface area (Å²) in [5, 5.41) is 1.76. The van der Waals surface area contributed by atoms with E-state index in [-0.39, 0.29) is 6.04 Å². The second-order valence-electron chi connectivity index (χ2n) is 4.64. The molecule has 1 aromatic carbocycles. The van der Waals surface area contributed by atoms with Crippen LogP contribution in [-0.4, -0.2) is 8.42 Å². The predicted molar refractivity (Wildman–Crippen MR) is 79.0 cm³/mol. The summed E-state index contributed by atoms with van der Waals surface area (Å²) in [6.45, 7) is 5.86. The Morgan fingerprint density at radius 3 is 2.58 bits per heavy atom. The molecule has 0 bridgehead atoms. The van der Waals surface area contributed by atoms with Crippen molar-refractivity contribution in [2.75, 3.05) is 0 Å². The lowest BCUT2D eigenvalue weighted by Crippen LogP contribution is -2.26. The Hall–Kier alpha value is -1.17. The summed E-state index contributed by atoms with van der Waals surface area (Å²) in [7, 11) is -3.43. The zero-order valence-electron chi connectivity index (χ0n) is 11.2. The lowest BCUT2D eigenvalue weighted by Gasteiger charge is -2.16. The highest BCUT2D eigenvalue weighted by Gasteiger charge is 2.20. The Morgan fingerprint density at radius 1 is 1.21 bits per heavy atom. The number of thiophene rings is 1. The molecule has 102 valence electrons. The number of sulfonamides is 1. The van der Waals surface area contributed by atoms with Crippen LogP contribution in [0, 0.1) is 13.8 Å². The molecule has 0 aliphatic carbocycles. The average Bonchev–Trinajstić information content (AvgIpc) is 2.86. The van der Waals surface area contributed by atoms with Crippen LogP contribution in [0.5, 0.6) is 0 Å². The van der Waals surface area contributed by atoms with E-state index in [1.54, 1.807) is 17.5 Å². The van der Waals surface area contributed by atoms with Gasteiger partial charge in [0.2, 0.25) is 0 Å². The third-order valence-corrected chi connectivity index (χ3v) is 5.93. The van der Waals surface area contributed by atoms with Crippen molar-refractivity contribution < 1.29 is 8.42 Å². The minimum Gasteiger partial charge on any atom is -0.206 e. The highest BCUT2D eigenvalue weighted by molar-refractivity contribution is 7.91. The van der Waals surface area contributed by atoms with E-state index in [0.717, 1.165) is 16.7 Å². The molecule has 5 heteroatoms. The molecule has 0 unspecified atom stereocenters. The Bertz CT molecular complexity index is 661. The van der Waals surface area contributed by atoms with Crippen LogP contribution in [0.4, 0.5) is 0 Å². The van der Waals surface area contributed by atoms with Gasteiger partial charge >= 0.3 is 0 Å². The molecular formula is C14H17NO2S2. The molecule has 0 spiro atoms. The summed E-state index contributed by atoms with van der Waals surface area (Å²) in [6, 6.07) is 9.17. The van der Waals surface area contributed by atoms with Crippen molar-refractivity contribution in [1.29, 1.82) is 0 Å². The van der Waals surface area contributed by atoms with Crippen LogP contribution in [0.25, 0.3) is 0 Å².